The fourth-order valence-electron chi connectivity index (χ4n) is 3.07. The van der Waals surface area contributed by atoms with Crippen LogP contribution in [0.1, 0.15) is 36.4 Å². The first-order valence-corrected chi connectivity index (χ1v) is 9.04. The maximum absolute atomic E-state index is 12.9. The minimum atomic E-state index is -5.00. The largest absolute Gasteiger partial charge is 0.426 e. The standard InChI is InChI=1S/C16H19F3N4O2S/c1-10-21-13(9-26-10)23-12(3-6-20-23)11-4-7-22(8-5-11)14(24)15(2,25)16(17,18)19/h3,6,9,11,25H,4-5,7-8H2,1-2H3/t15-/m1/s1. The number of halogens is 3. The highest BCUT2D eigenvalue weighted by Crippen LogP contribution is 2.34. The van der Waals surface area contributed by atoms with Crippen LogP contribution in [0.3, 0.4) is 0 Å². The number of carbonyl (C=O) groups excluding carboxylic acids is 1. The van der Waals surface area contributed by atoms with E-state index in [1.807, 2.05) is 18.4 Å². The van der Waals surface area contributed by atoms with Crippen molar-refractivity contribution in [3.63, 3.8) is 0 Å². The first kappa shape index (κ1) is 18.8. The number of piperidine rings is 1. The maximum Gasteiger partial charge on any atom is 0.426 e. The van der Waals surface area contributed by atoms with E-state index in [2.05, 4.69) is 10.1 Å². The molecule has 1 atom stereocenters. The Morgan fingerprint density at radius 2 is 2.00 bits per heavy atom. The van der Waals surface area contributed by atoms with Crippen molar-refractivity contribution in [1.29, 1.82) is 0 Å². The SMILES string of the molecule is Cc1nc(-n2nccc2C2CCN(C(=O)[C@@](C)(O)C(F)(F)F)CC2)cs1. The zero-order chi connectivity index (χ0) is 19.1. The Morgan fingerprint density at radius 3 is 2.54 bits per heavy atom. The molecule has 10 heteroatoms. The second-order valence-electron chi connectivity index (χ2n) is 6.53. The van der Waals surface area contributed by atoms with Crippen molar-refractivity contribution in [2.24, 2.45) is 0 Å². The summed E-state index contributed by atoms with van der Waals surface area (Å²) in [5, 5.41) is 16.7. The lowest BCUT2D eigenvalue weighted by Crippen LogP contribution is -2.57. The van der Waals surface area contributed by atoms with Crippen molar-refractivity contribution < 1.29 is 23.1 Å². The molecule has 1 aliphatic rings. The van der Waals surface area contributed by atoms with Crippen molar-refractivity contribution in [2.45, 2.75) is 44.4 Å². The van der Waals surface area contributed by atoms with Crippen LogP contribution in [0, 0.1) is 6.92 Å². The highest BCUT2D eigenvalue weighted by Gasteiger charge is 2.57. The van der Waals surface area contributed by atoms with E-state index in [1.165, 1.54) is 11.3 Å². The van der Waals surface area contributed by atoms with E-state index in [4.69, 9.17) is 0 Å². The van der Waals surface area contributed by atoms with Crippen LogP contribution in [0.2, 0.25) is 0 Å². The van der Waals surface area contributed by atoms with Crippen molar-refractivity contribution in [2.75, 3.05) is 13.1 Å². The molecule has 0 saturated carbocycles. The number of aromatic nitrogens is 3. The number of aliphatic hydroxyl groups is 1. The number of alkyl halides is 3. The number of likely N-dealkylation sites (tertiary alicyclic amines) is 1. The van der Waals surface area contributed by atoms with E-state index < -0.39 is 17.7 Å². The Labute approximate surface area is 152 Å². The molecule has 1 aliphatic heterocycles. The molecule has 1 saturated heterocycles. The minimum Gasteiger partial charge on any atom is -0.373 e. The van der Waals surface area contributed by atoms with Gasteiger partial charge in [0.1, 0.15) is 0 Å². The minimum absolute atomic E-state index is 0.0550. The molecule has 26 heavy (non-hydrogen) atoms. The molecule has 0 aromatic carbocycles. The summed E-state index contributed by atoms with van der Waals surface area (Å²) >= 11 is 1.51. The lowest BCUT2D eigenvalue weighted by atomic mass is 9.92. The highest BCUT2D eigenvalue weighted by atomic mass is 32.1. The zero-order valence-corrected chi connectivity index (χ0v) is 15.1. The third-order valence-corrected chi connectivity index (χ3v) is 5.43. The summed E-state index contributed by atoms with van der Waals surface area (Å²) in [5.41, 5.74) is -2.44. The number of nitrogens with zero attached hydrogens (tertiary/aromatic N) is 4. The van der Waals surface area contributed by atoms with Crippen LogP contribution >= 0.6 is 11.3 Å². The molecule has 2 aromatic heterocycles. The van der Waals surface area contributed by atoms with Gasteiger partial charge in [0.15, 0.2) is 5.82 Å². The third-order valence-electron chi connectivity index (χ3n) is 4.66. The summed E-state index contributed by atoms with van der Waals surface area (Å²) in [6.45, 7) is 2.70. The Hall–Kier alpha value is -1.94. The highest BCUT2D eigenvalue weighted by molar-refractivity contribution is 7.09. The van der Waals surface area contributed by atoms with Crippen molar-refractivity contribution in [3.8, 4) is 5.82 Å². The molecule has 0 aliphatic carbocycles. The smallest absolute Gasteiger partial charge is 0.373 e. The first-order valence-electron chi connectivity index (χ1n) is 8.16. The Kier molecular flexibility index (Phi) is 4.82. The van der Waals surface area contributed by atoms with Crippen LogP contribution in [-0.2, 0) is 4.79 Å². The number of amides is 1. The average Bonchev–Trinajstić information content (AvgIpc) is 3.21. The van der Waals surface area contributed by atoms with E-state index in [0.717, 1.165) is 15.6 Å². The summed E-state index contributed by atoms with van der Waals surface area (Å²) in [4.78, 5) is 17.6. The van der Waals surface area contributed by atoms with Gasteiger partial charge in [-0.15, -0.1) is 11.3 Å². The maximum atomic E-state index is 12.9. The van der Waals surface area contributed by atoms with E-state index in [1.54, 1.807) is 10.9 Å². The third kappa shape index (κ3) is 3.35. The summed E-state index contributed by atoms with van der Waals surface area (Å²) in [6, 6.07) is 1.86. The van der Waals surface area contributed by atoms with Gasteiger partial charge in [0.05, 0.1) is 5.01 Å². The topological polar surface area (TPSA) is 71.2 Å². The van der Waals surface area contributed by atoms with Gasteiger partial charge < -0.3 is 10.0 Å². The van der Waals surface area contributed by atoms with E-state index in [-0.39, 0.29) is 19.0 Å². The Bertz CT molecular complexity index is 792. The zero-order valence-electron chi connectivity index (χ0n) is 14.3. The molecule has 1 fully saturated rings. The first-order chi connectivity index (χ1) is 12.1. The average molecular weight is 388 g/mol. The van der Waals surface area contributed by atoms with Gasteiger partial charge in [-0.3, -0.25) is 4.79 Å². The number of hydrogen-bond donors (Lipinski definition) is 1. The predicted octanol–water partition coefficient (Wildman–Crippen LogP) is 2.66. The van der Waals surface area contributed by atoms with Gasteiger partial charge in [-0.25, -0.2) is 9.67 Å². The normalized spacial score (nSPS) is 18.8. The monoisotopic (exact) mass is 388 g/mol. The second-order valence-corrected chi connectivity index (χ2v) is 7.59. The van der Waals surface area contributed by atoms with Gasteiger partial charge in [0.25, 0.3) is 5.91 Å². The molecule has 0 spiro atoms. The van der Waals surface area contributed by atoms with Crippen LogP contribution in [0.15, 0.2) is 17.6 Å². The van der Waals surface area contributed by atoms with Gasteiger partial charge >= 0.3 is 6.18 Å². The lowest BCUT2D eigenvalue weighted by Gasteiger charge is -2.36. The van der Waals surface area contributed by atoms with Gasteiger partial charge in [-0.2, -0.15) is 18.3 Å². The van der Waals surface area contributed by atoms with Crippen LogP contribution in [-0.4, -0.2) is 55.5 Å². The van der Waals surface area contributed by atoms with Crippen molar-refractivity contribution in [1.82, 2.24) is 19.7 Å². The van der Waals surface area contributed by atoms with Gasteiger partial charge in [0.2, 0.25) is 5.60 Å². The molecular formula is C16H19F3N4O2S. The Morgan fingerprint density at radius 1 is 1.35 bits per heavy atom. The van der Waals surface area contributed by atoms with E-state index in [9.17, 15) is 23.1 Å². The van der Waals surface area contributed by atoms with Gasteiger partial charge in [-0.05, 0) is 32.8 Å². The quantitative estimate of drug-likeness (QED) is 0.878. The number of carbonyl (C=O) groups is 1. The number of thiazole rings is 1. The van der Waals surface area contributed by atoms with Gasteiger partial charge in [-0.1, -0.05) is 0 Å². The van der Waals surface area contributed by atoms with Crippen molar-refractivity contribution in [3.05, 3.63) is 28.3 Å². The summed E-state index contributed by atoms with van der Waals surface area (Å²) in [7, 11) is 0. The summed E-state index contributed by atoms with van der Waals surface area (Å²) < 4.78 is 40.3. The fraction of sp³-hybridized carbons (Fsp3) is 0.562. The van der Waals surface area contributed by atoms with Gasteiger partial charge in [0, 0.05) is 36.3 Å². The number of hydrogen-bond acceptors (Lipinski definition) is 5. The molecule has 3 heterocycles. The molecule has 3 rings (SSSR count). The van der Waals surface area contributed by atoms with Crippen molar-refractivity contribution >= 4 is 17.2 Å². The van der Waals surface area contributed by atoms with Crippen LogP contribution in [0.4, 0.5) is 13.2 Å². The molecule has 6 nitrogen and oxygen atoms in total. The molecule has 1 N–H and O–H groups in total. The molecule has 142 valence electrons. The molecule has 0 radical (unpaired) electrons. The van der Waals surface area contributed by atoms with Crippen LogP contribution in [0.25, 0.3) is 5.82 Å². The molecule has 0 unspecified atom stereocenters. The molecule has 2 aromatic rings. The van der Waals surface area contributed by atoms with Crippen LogP contribution in [0.5, 0.6) is 0 Å². The molecule has 0 bridgehead atoms. The predicted molar refractivity (Wildman–Crippen MR) is 89.2 cm³/mol. The lowest BCUT2D eigenvalue weighted by molar-refractivity contribution is -0.250. The Balaban J connectivity index is 1.70. The summed E-state index contributed by atoms with van der Waals surface area (Å²) in [5.74, 6) is -0.530. The second kappa shape index (κ2) is 6.66. The molecule has 1 amide bonds. The molecular weight excluding hydrogens is 369 g/mol. The van der Waals surface area contributed by atoms with Crippen LogP contribution < -0.4 is 0 Å². The van der Waals surface area contributed by atoms with E-state index >= 15 is 0 Å². The van der Waals surface area contributed by atoms with E-state index in [0.29, 0.717) is 25.6 Å². The number of aryl methyl sites for hydroxylation is 1. The fourth-order valence-corrected chi connectivity index (χ4v) is 3.65. The summed E-state index contributed by atoms with van der Waals surface area (Å²) in [6.07, 6.45) is -2.35. The number of rotatable bonds is 3.